The number of rotatable bonds is 8. The molecule has 0 aliphatic rings. The van der Waals surface area contributed by atoms with Crippen LogP contribution < -0.4 is 15.4 Å². The van der Waals surface area contributed by atoms with Crippen LogP contribution in [0.3, 0.4) is 0 Å². The Hall–Kier alpha value is -3.22. The van der Waals surface area contributed by atoms with E-state index in [-0.39, 0.29) is 23.4 Å². The summed E-state index contributed by atoms with van der Waals surface area (Å²) in [5.74, 6) is 1.62. The van der Waals surface area contributed by atoms with Crippen LogP contribution >= 0.6 is 0 Å². The first-order chi connectivity index (χ1) is 15.0. The molecule has 0 spiro atoms. The number of benzene rings is 2. The number of nitrogens with zero attached hydrogens (tertiary/aromatic N) is 1. The normalized spacial score (nSPS) is 10.9. The van der Waals surface area contributed by atoms with E-state index in [2.05, 4.69) is 38.3 Å². The average molecular weight is 442 g/mol. The largest absolute Gasteiger partial charge is 0.506 e. The molecule has 0 heterocycles. The van der Waals surface area contributed by atoms with Gasteiger partial charge in [0.1, 0.15) is 17.2 Å². The molecule has 0 aliphatic heterocycles. The Morgan fingerprint density at radius 3 is 2.03 bits per heavy atom. The number of carbonyl (C=O) groups is 2. The van der Waals surface area contributed by atoms with Crippen LogP contribution in [0, 0.1) is 25.7 Å². The fraction of sp³-hybridized carbons (Fsp3) is 0.440. The van der Waals surface area contributed by atoms with Gasteiger partial charge in [0.2, 0.25) is 5.91 Å². The van der Waals surface area contributed by atoms with Crippen molar-refractivity contribution in [3.8, 4) is 17.2 Å². The standard InChI is InChI=1S/C25H35N3O4/c1-15(2)13-28(14-16(3)4)25(31)27-22-12-21(8-9-23(22)30)32-24-17(5)10-20(11-18(24)6)26-19(7)29/h8-12,15-16,30H,13-14H2,1-7H3,(H,26,29)(H,27,31). The summed E-state index contributed by atoms with van der Waals surface area (Å²) in [4.78, 5) is 26.0. The molecule has 3 N–H and O–H groups in total. The number of amides is 3. The van der Waals surface area contributed by atoms with E-state index < -0.39 is 0 Å². The molecule has 2 rings (SSSR count). The molecule has 7 nitrogen and oxygen atoms in total. The Labute approximate surface area is 190 Å². The minimum absolute atomic E-state index is 0.0332. The van der Waals surface area contributed by atoms with Gasteiger partial charge in [-0.05, 0) is 61.1 Å². The first kappa shape index (κ1) is 25.0. The second-order valence-electron chi connectivity index (χ2n) is 9.02. The second-order valence-corrected chi connectivity index (χ2v) is 9.02. The molecular weight excluding hydrogens is 406 g/mol. The van der Waals surface area contributed by atoms with Crippen molar-refractivity contribution in [2.75, 3.05) is 23.7 Å². The van der Waals surface area contributed by atoms with E-state index in [9.17, 15) is 14.7 Å². The SMILES string of the molecule is CC(=O)Nc1cc(C)c(Oc2ccc(O)c(NC(=O)N(CC(C)C)CC(C)C)c2)c(C)c1. The molecule has 32 heavy (non-hydrogen) atoms. The smallest absolute Gasteiger partial charge is 0.321 e. The first-order valence-corrected chi connectivity index (χ1v) is 10.9. The van der Waals surface area contributed by atoms with Gasteiger partial charge < -0.3 is 25.4 Å². The third-order valence-electron chi connectivity index (χ3n) is 4.67. The lowest BCUT2D eigenvalue weighted by Gasteiger charge is -2.26. The van der Waals surface area contributed by atoms with E-state index >= 15 is 0 Å². The summed E-state index contributed by atoms with van der Waals surface area (Å²) < 4.78 is 6.08. The predicted octanol–water partition coefficient (Wildman–Crippen LogP) is 5.91. The van der Waals surface area contributed by atoms with Crippen LogP contribution in [-0.4, -0.2) is 35.0 Å². The van der Waals surface area contributed by atoms with Crippen LogP contribution in [0.5, 0.6) is 17.2 Å². The fourth-order valence-corrected chi connectivity index (χ4v) is 3.50. The summed E-state index contributed by atoms with van der Waals surface area (Å²) in [5.41, 5.74) is 2.70. The van der Waals surface area contributed by atoms with Gasteiger partial charge in [-0.1, -0.05) is 27.7 Å². The summed E-state index contributed by atoms with van der Waals surface area (Å²) in [6, 6.07) is 8.16. The van der Waals surface area contributed by atoms with Gasteiger partial charge in [-0.2, -0.15) is 0 Å². The number of ether oxygens (including phenoxy) is 1. The Morgan fingerprint density at radius 2 is 1.53 bits per heavy atom. The van der Waals surface area contributed by atoms with Crippen molar-refractivity contribution < 1.29 is 19.4 Å². The summed E-state index contributed by atoms with van der Waals surface area (Å²) in [7, 11) is 0. The lowest BCUT2D eigenvalue weighted by molar-refractivity contribution is -0.114. The molecule has 0 saturated heterocycles. The van der Waals surface area contributed by atoms with Crippen molar-refractivity contribution in [3.63, 3.8) is 0 Å². The van der Waals surface area contributed by atoms with E-state index in [1.807, 2.05) is 26.0 Å². The molecule has 174 valence electrons. The van der Waals surface area contributed by atoms with Gasteiger partial charge in [-0.15, -0.1) is 0 Å². The van der Waals surface area contributed by atoms with Gasteiger partial charge in [0.05, 0.1) is 5.69 Å². The highest BCUT2D eigenvalue weighted by atomic mass is 16.5. The Morgan fingerprint density at radius 1 is 0.969 bits per heavy atom. The van der Waals surface area contributed by atoms with Crippen LogP contribution in [0.25, 0.3) is 0 Å². The highest BCUT2D eigenvalue weighted by Gasteiger charge is 2.18. The van der Waals surface area contributed by atoms with Crippen molar-refractivity contribution in [2.45, 2.75) is 48.5 Å². The second kappa shape index (κ2) is 10.9. The Balaban J connectivity index is 2.24. The van der Waals surface area contributed by atoms with E-state index in [1.165, 1.54) is 13.0 Å². The Bertz CT molecular complexity index is 937. The minimum atomic E-state index is -0.258. The number of carbonyl (C=O) groups excluding carboxylic acids is 2. The molecule has 0 aromatic heterocycles. The molecule has 0 saturated carbocycles. The third kappa shape index (κ3) is 7.18. The summed E-state index contributed by atoms with van der Waals surface area (Å²) in [6.45, 7) is 14.8. The maximum absolute atomic E-state index is 12.9. The molecule has 3 amide bonds. The minimum Gasteiger partial charge on any atom is -0.506 e. The van der Waals surface area contributed by atoms with Crippen LogP contribution in [-0.2, 0) is 4.79 Å². The number of phenols is 1. The molecule has 0 unspecified atom stereocenters. The maximum Gasteiger partial charge on any atom is 0.321 e. The van der Waals surface area contributed by atoms with Gasteiger partial charge in [0, 0.05) is 31.8 Å². The molecule has 7 heteroatoms. The zero-order chi connectivity index (χ0) is 24.0. The molecule has 2 aromatic carbocycles. The van der Waals surface area contributed by atoms with Gasteiger partial charge in [0.25, 0.3) is 0 Å². The molecule has 0 atom stereocenters. The van der Waals surface area contributed by atoms with Crippen LogP contribution in [0.4, 0.5) is 16.2 Å². The number of aromatic hydroxyl groups is 1. The van der Waals surface area contributed by atoms with Crippen molar-refractivity contribution in [2.24, 2.45) is 11.8 Å². The maximum atomic E-state index is 12.9. The molecule has 2 aromatic rings. The van der Waals surface area contributed by atoms with Gasteiger partial charge in [-0.3, -0.25) is 4.79 Å². The topological polar surface area (TPSA) is 90.9 Å². The van der Waals surface area contributed by atoms with Gasteiger partial charge in [0.15, 0.2) is 0 Å². The number of phenolic OH excluding ortho intramolecular Hbond substituents is 1. The molecular formula is C25H35N3O4. The van der Waals surface area contributed by atoms with Crippen LogP contribution in [0.15, 0.2) is 30.3 Å². The molecule has 0 aliphatic carbocycles. The van der Waals surface area contributed by atoms with Crippen molar-refractivity contribution in [3.05, 3.63) is 41.5 Å². The van der Waals surface area contributed by atoms with Crippen molar-refractivity contribution >= 4 is 23.3 Å². The van der Waals surface area contributed by atoms with E-state index in [4.69, 9.17) is 4.74 Å². The summed E-state index contributed by atoms with van der Waals surface area (Å²) >= 11 is 0. The zero-order valence-corrected chi connectivity index (χ0v) is 20.1. The van der Waals surface area contributed by atoms with Gasteiger partial charge >= 0.3 is 6.03 Å². The fourth-order valence-electron chi connectivity index (χ4n) is 3.50. The average Bonchev–Trinajstić information content (AvgIpc) is 2.65. The summed E-state index contributed by atoms with van der Waals surface area (Å²) in [5, 5.41) is 15.9. The number of nitrogens with one attached hydrogen (secondary N) is 2. The van der Waals surface area contributed by atoms with Gasteiger partial charge in [-0.25, -0.2) is 4.79 Å². The van der Waals surface area contributed by atoms with Crippen molar-refractivity contribution in [1.82, 2.24) is 4.90 Å². The van der Waals surface area contributed by atoms with E-state index in [0.29, 0.717) is 42.1 Å². The number of aryl methyl sites for hydroxylation is 2. The van der Waals surface area contributed by atoms with Crippen LogP contribution in [0.2, 0.25) is 0 Å². The summed E-state index contributed by atoms with van der Waals surface area (Å²) in [6.07, 6.45) is 0. The quantitative estimate of drug-likeness (QED) is 0.444. The molecule has 0 radical (unpaired) electrons. The number of hydrogen-bond acceptors (Lipinski definition) is 4. The molecule has 0 bridgehead atoms. The third-order valence-corrected chi connectivity index (χ3v) is 4.67. The number of urea groups is 1. The lowest BCUT2D eigenvalue weighted by Crippen LogP contribution is -2.39. The number of hydrogen-bond donors (Lipinski definition) is 3. The zero-order valence-electron chi connectivity index (χ0n) is 20.1. The van der Waals surface area contributed by atoms with E-state index in [0.717, 1.165) is 11.1 Å². The monoisotopic (exact) mass is 441 g/mol. The number of anilines is 2. The Kier molecular flexibility index (Phi) is 8.52. The highest BCUT2D eigenvalue weighted by molar-refractivity contribution is 5.91. The van der Waals surface area contributed by atoms with Crippen LogP contribution in [0.1, 0.15) is 45.7 Å². The van der Waals surface area contributed by atoms with E-state index in [1.54, 1.807) is 17.0 Å². The lowest BCUT2D eigenvalue weighted by atomic mass is 10.1. The molecule has 0 fully saturated rings. The highest BCUT2D eigenvalue weighted by Crippen LogP contribution is 2.35. The predicted molar refractivity (Wildman–Crippen MR) is 129 cm³/mol. The first-order valence-electron chi connectivity index (χ1n) is 10.9. The van der Waals surface area contributed by atoms with Crippen molar-refractivity contribution in [1.29, 1.82) is 0 Å².